The van der Waals surface area contributed by atoms with Crippen molar-refractivity contribution >= 4 is 5.65 Å². The molecular weight excluding hydrogens is 360 g/mol. The van der Waals surface area contributed by atoms with Crippen LogP contribution in [-0.4, -0.2) is 4.40 Å². The Hall–Kier alpha value is -2.39. The van der Waals surface area contributed by atoms with E-state index in [4.69, 9.17) is 0 Å². The quantitative estimate of drug-likeness (QED) is 0.465. The van der Waals surface area contributed by atoms with Gasteiger partial charge in [0, 0.05) is 12.5 Å². The molecule has 2 heterocycles. The first kappa shape index (κ1) is 16.5. The van der Waals surface area contributed by atoms with E-state index < -0.39 is 0 Å². The van der Waals surface area contributed by atoms with Crippen LogP contribution in [-0.2, 0) is 13.0 Å². The monoisotopic (exact) mass is 378 g/mol. The van der Waals surface area contributed by atoms with Crippen LogP contribution in [0.4, 0.5) is 0 Å². The smallest absolute Gasteiger partial charge is 0.286 e. The molecule has 0 spiro atoms. The Morgan fingerprint density at radius 2 is 1.33 bits per heavy atom. The molecule has 120 valence electrons. The van der Waals surface area contributed by atoms with Gasteiger partial charge in [-0.3, -0.25) is 0 Å². The van der Waals surface area contributed by atoms with Gasteiger partial charge in [0.05, 0.1) is 6.20 Å². The van der Waals surface area contributed by atoms with Crippen LogP contribution in [0.15, 0.2) is 91.3 Å². The fourth-order valence-electron chi connectivity index (χ4n) is 3.06. The average molecular weight is 379 g/mol. The Labute approximate surface area is 152 Å². The lowest BCUT2D eigenvalue weighted by molar-refractivity contribution is -0.662. The zero-order chi connectivity index (χ0) is 15.5. The summed E-state index contributed by atoms with van der Waals surface area (Å²) >= 11 is 0. The highest BCUT2D eigenvalue weighted by Crippen LogP contribution is 2.12. The standard InChI is InChI=1S/C21H19N2.BrH/c1-3-9-18(10-4-1)15-20-17-22(16-19-11-5-2-6-12-19)21-13-7-8-14-23(20)21;/h1-14,17H,15-16H2;1H/q+1;/p-1. The fourth-order valence-corrected chi connectivity index (χ4v) is 3.06. The number of aromatic nitrogens is 2. The van der Waals surface area contributed by atoms with E-state index >= 15 is 0 Å². The molecule has 0 unspecified atom stereocenters. The average Bonchev–Trinajstić information content (AvgIpc) is 2.95. The van der Waals surface area contributed by atoms with E-state index in [-0.39, 0.29) is 17.0 Å². The molecule has 0 aliphatic heterocycles. The highest BCUT2D eigenvalue weighted by molar-refractivity contribution is 5.35. The van der Waals surface area contributed by atoms with Crippen LogP contribution in [0.5, 0.6) is 0 Å². The number of pyridine rings is 1. The zero-order valence-corrected chi connectivity index (χ0v) is 14.9. The molecule has 0 N–H and O–H groups in total. The summed E-state index contributed by atoms with van der Waals surface area (Å²) in [6.07, 6.45) is 5.36. The van der Waals surface area contributed by atoms with E-state index in [0.717, 1.165) is 13.0 Å². The number of hydrogen-bond donors (Lipinski definition) is 0. The summed E-state index contributed by atoms with van der Waals surface area (Å²) in [6, 6.07) is 27.6. The van der Waals surface area contributed by atoms with Crippen molar-refractivity contribution in [1.29, 1.82) is 0 Å². The highest BCUT2D eigenvalue weighted by atomic mass is 79.9. The topological polar surface area (TPSA) is 8.29 Å². The van der Waals surface area contributed by atoms with Crippen LogP contribution in [0.25, 0.3) is 5.65 Å². The molecule has 0 aliphatic rings. The minimum atomic E-state index is 0. The summed E-state index contributed by atoms with van der Waals surface area (Å²) in [5.74, 6) is 0. The van der Waals surface area contributed by atoms with E-state index in [0.29, 0.717) is 0 Å². The fraction of sp³-hybridized carbons (Fsp3) is 0.0952. The van der Waals surface area contributed by atoms with Crippen LogP contribution in [0.1, 0.15) is 16.8 Å². The second kappa shape index (κ2) is 7.45. The highest BCUT2D eigenvalue weighted by Gasteiger charge is 2.16. The first-order valence-electron chi connectivity index (χ1n) is 7.96. The van der Waals surface area contributed by atoms with Gasteiger partial charge >= 0.3 is 0 Å². The Morgan fingerprint density at radius 3 is 2.04 bits per heavy atom. The van der Waals surface area contributed by atoms with Crippen LogP contribution in [0.2, 0.25) is 0 Å². The summed E-state index contributed by atoms with van der Waals surface area (Å²) in [5, 5.41) is 0. The van der Waals surface area contributed by atoms with Gasteiger partial charge in [-0.15, -0.1) is 0 Å². The van der Waals surface area contributed by atoms with Crippen molar-refractivity contribution in [3.63, 3.8) is 0 Å². The molecule has 3 heteroatoms. The van der Waals surface area contributed by atoms with Crippen molar-refractivity contribution in [2.75, 3.05) is 0 Å². The van der Waals surface area contributed by atoms with Gasteiger partial charge in [0.15, 0.2) is 5.69 Å². The molecular formula is C21H19BrN2. The minimum absolute atomic E-state index is 0. The molecule has 0 atom stereocenters. The van der Waals surface area contributed by atoms with E-state index in [1.54, 1.807) is 0 Å². The van der Waals surface area contributed by atoms with Crippen molar-refractivity contribution in [1.82, 2.24) is 4.40 Å². The summed E-state index contributed by atoms with van der Waals surface area (Å²) < 4.78 is 4.61. The lowest BCUT2D eigenvalue weighted by atomic mass is 10.1. The van der Waals surface area contributed by atoms with Gasteiger partial charge in [-0.05, 0) is 17.2 Å². The zero-order valence-electron chi connectivity index (χ0n) is 13.3. The van der Waals surface area contributed by atoms with E-state index in [1.807, 2.05) is 0 Å². The number of halogens is 1. The Kier molecular flexibility index (Phi) is 5.11. The largest absolute Gasteiger partial charge is 1.00 e. The third-order valence-corrected chi connectivity index (χ3v) is 4.17. The maximum absolute atomic E-state index is 2.33. The molecule has 2 aromatic carbocycles. The van der Waals surface area contributed by atoms with Crippen LogP contribution >= 0.6 is 0 Å². The molecule has 0 fully saturated rings. The van der Waals surface area contributed by atoms with Gasteiger partial charge in [0.25, 0.3) is 5.65 Å². The molecule has 4 aromatic rings. The molecule has 2 aromatic heterocycles. The summed E-state index contributed by atoms with van der Waals surface area (Å²) in [6.45, 7) is 0.892. The van der Waals surface area contributed by atoms with Crippen molar-refractivity contribution < 1.29 is 21.5 Å². The molecule has 2 nitrogen and oxygen atoms in total. The second-order valence-electron chi connectivity index (χ2n) is 5.83. The summed E-state index contributed by atoms with van der Waals surface area (Å²) in [5.41, 5.74) is 5.19. The molecule has 0 radical (unpaired) electrons. The van der Waals surface area contributed by atoms with Crippen LogP contribution in [0, 0.1) is 0 Å². The number of benzene rings is 2. The first-order valence-corrected chi connectivity index (χ1v) is 7.96. The SMILES string of the molecule is [Br-].c1ccc(Cc2c[n+](Cc3ccccc3)c3ccccn23)cc1. The third kappa shape index (κ3) is 3.41. The van der Waals surface area contributed by atoms with Crippen molar-refractivity contribution in [3.8, 4) is 0 Å². The van der Waals surface area contributed by atoms with Gasteiger partial charge in [0.2, 0.25) is 0 Å². The molecule has 4 rings (SSSR count). The lowest BCUT2D eigenvalue weighted by Gasteiger charge is -1.97. The first-order chi connectivity index (χ1) is 11.4. The Balaban J connectivity index is 0.00000169. The molecule has 0 aliphatic carbocycles. The maximum Gasteiger partial charge on any atom is 0.286 e. The van der Waals surface area contributed by atoms with E-state index in [2.05, 4.69) is 100 Å². The van der Waals surface area contributed by atoms with E-state index in [1.165, 1.54) is 22.5 Å². The Bertz CT molecular complexity index is 839. The van der Waals surface area contributed by atoms with Gasteiger partial charge in [-0.1, -0.05) is 66.7 Å². The van der Waals surface area contributed by atoms with Crippen molar-refractivity contribution in [3.05, 3.63) is 108 Å². The Morgan fingerprint density at radius 1 is 0.708 bits per heavy atom. The number of fused-ring (bicyclic) bond motifs is 1. The summed E-state index contributed by atoms with van der Waals surface area (Å²) in [4.78, 5) is 0. The number of rotatable bonds is 4. The van der Waals surface area contributed by atoms with Gasteiger partial charge < -0.3 is 17.0 Å². The molecule has 0 saturated carbocycles. The lowest BCUT2D eigenvalue weighted by Crippen LogP contribution is -3.00. The number of hydrogen-bond acceptors (Lipinski definition) is 0. The van der Waals surface area contributed by atoms with Crippen molar-refractivity contribution in [2.45, 2.75) is 13.0 Å². The molecule has 0 amide bonds. The van der Waals surface area contributed by atoms with Crippen LogP contribution in [0.3, 0.4) is 0 Å². The van der Waals surface area contributed by atoms with Crippen LogP contribution < -0.4 is 21.5 Å². The third-order valence-electron chi connectivity index (χ3n) is 4.17. The number of nitrogens with zero attached hydrogens (tertiary/aromatic N) is 2. The second-order valence-corrected chi connectivity index (χ2v) is 5.83. The molecule has 0 bridgehead atoms. The summed E-state index contributed by atoms with van der Waals surface area (Å²) in [7, 11) is 0. The van der Waals surface area contributed by atoms with E-state index in [9.17, 15) is 0 Å². The predicted molar refractivity (Wildman–Crippen MR) is 92.4 cm³/mol. The predicted octanol–water partition coefficient (Wildman–Crippen LogP) is 0.870. The van der Waals surface area contributed by atoms with Gasteiger partial charge in [0.1, 0.15) is 12.7 Å². The normalized spacial score (nSPS) is 10.5. The molecule has 24 heavy (non-hydrogen) atoms. The molecule has 0 saturated heterocycles. The van der Waals surface area contributed by atoms with Gasteiger partial charge in [-0.25, -0.2) is 4.57 Å². The van der Waals surface area contributed by atoms with Crippen molar-refractivity contribution in [2.24, 2.45) is 0 Å². The minimum Gasteiger partial charge on any atom is -1.00 e. The maximum atomic E-state index is 2.33. The number of imidazole rings is 1. The van der Waals surface area contributed by atoms with Gasteiger partial charge in [-0.2, -0.15) is 4.40 Å².